The van der Waals surface area contributed by atoms with Crippen molar-refractivity contribution in [3.63, 3.8) is 0 Å². The maximum absolute atomic E-state index is 13.2. The van der Waals surface area contributed by atoms with Gasteiger partial charge >= 0.3 is 0 Å². The van der Waals surface area contributed by atoms with Gasteiger partial charge in [0.2, 0.25) is 0 Å². The highest BCUT2D eigenvalue weighted by molar-refractivity contribution is 14.1. The molecule has 0 aromatic heterocycles. The van der Waals surface area contributed by atoms with E-state index in [-0.39, 0.29) is 5.91 Å². The Morgan fingerprint density at radius 3 is 1.97 bits per heavy atom. The van der Waals surface area contributed by atoms with Crippen LogP contribution in [0.5, 0.6) is 5.75 Å². The highest BCUT2D eigenvalue weighted by Crippen LogP contribution is 2.26. The molecule has 188 valence electrons. The van der Waals surface area contributed by atoms with Gasteiger partial charge in [-0.05, 0) is 72.2 Å². The Hall–Kier alpha value is -1.56. The topological polar surface area (TPSA) is 38.3 Å². The monoisotopic (exact) mass is 577 g/mol. The van der Waals surface area contributed by atoms with Crippen molar-refractivity contribution in [3.05, 3.63) is 57.2 Å². The molecule has 0 saturated carbocycles. The zero-order chi connectivity index (χ0) is 24.4. The molecule has 0 unspecified atom stereocenters. The van der Waals surface area contributed by atoms with Crippen molar-refractivity contribution in [2.24, 2.45) is 0 Å². The molecule has 4 heteroatoms. The van der Waals surface area contributed by atoms with Gasteiger partial charge in [-0.1, -0.05) is 102 Å². The lowest BCUT2D eigenvalue weighted by Gasteiger charge is -2.15. The summed E-state index contributed by atoms with van der Waals surface area (Å²) in [5.74, 6) is 0.591. The lowest BCUT2D eigenvalue weighted by Crippen LogP contribution is -2.16. The third kappa shape index (κ3) is 11.2. The molecular weight excluding hydrogens is 533 g/mol. The molecule has 0 spiro atoms. The van der Waals surface area contributed by atoms with Crippen LogP contribution in [0.3, 0.4) is 0 Å². The predicted octanol–water partition coefficient (Wildman–Crippen LogP) is 9.58. The molecule has 0 fully saturated rings. The number of nitrogens with one attached hydrogen (secondary N) is 1. The van der Waals surface area contributed by atoms with E-state index in [2.05, 4.69) is 40.9 Å². The van der Waals surface area contributed by atoms with Gasteiger partial charge < -0.3 is 10.1 Å². The zero-order valence-electron chi connectivity index (χ0n) is 21.3. The maximum atomic E-state index is 13.2. The number of carbonyl (C=O) groups excluding carboxylic acids is 1. The van der Waals surface area contributed by atoms with E-state index in [0.717, 1.165) is 27.7 Å². The van der Waals surface area contributed by atoms with Gasteiger partial charge in [0, 0.05) is 9.26 Å². The molecule has 2 aromatic carbocycles. The van der Waals surface area contributed by atoms with Crippen LogP contribution in [0.1, 0.15) is 113 Å². The third-order valence-electron chi connectivity index (χ3n) is 6.27. The Morgan fingerprint density at radius 2 is 1.38 bits per heavy atom. The number of aryl methyl sites for hydroxylation is 1. The predicted molar refractivity (Wildman–Crippen MR) is 154 cm³/mol. The molecule has 0 atom stereocenters. The Morgan fingerprint density at radius 1 is 0.794 bits per heavy atom. The van der Waals surface area contributed by atoms with Crippen molar-refractivity contribution in [1.82, 2.24) is 0 Å². The van der Waals surface area contributed by atoms with Gasteiger partial charge in [0.15, 0.2) is 0 Å². The molecule has 34 heavy (non-hydrogen) atoms. The zero-order valence-corrected chi connectivity index (χ0v) is 23.5. The molecule has 1 amide bonds. The van der Waals surface area contributed by atoms with Crippen LogP contribution in [0, 0.1) is 3.57 Å². The molecule has 2 rings (SSSR count). The average Bonchev–Trinajstić information content (AvgIpc) is 2.82. The number of benzene rings is 2. The third-order valence-corrected chi connectivity index (χ3v) is 6.94. The lowest BCUT2D eigenvalue weighted by atomic mass is 9.98. The van der Waals surface area contributed by atoms with Gasteiger partial charge in [-0.2, -0.15) is 0 Å². The molecule has 0 heterocycles. The Balaban J connectivity index is 1.75. The first-order chi connectivity index (χ1) is 16.7. The van der Waals surface area contributed by atoms with Gasteiger partial charge in [-0.25, -0.2) is 0 Å². The number of hydrogen-bond acceptors (Lipinski definition) is 2. The van der Waals surface area contributed by atoms with Crippen LogP contribution in [0.2, 0.25) is 0 Å². The number of carbonyl (C=O) groups is 1. The van der Waals surface area contributed by atoms with Gasteiger partial charge in [0.05, 0.1) is 12.2 Å². The molecule has 1 N–H and O–H groups in total. The number of rotatable bonds is 18. The molecule has 0 bridgehead atoms. The normalized spacial score (nSPS) is 10.9. The summed E-state index contributed by atoms with van der Waals surface area (Å²) >= 11 is 2.26. The summed E-state index contributed by atoms with van der Waals surface area (Å²) in [5, 5.41) is 3.06. The Bertz CT molecular complexity index is 836. The standard InChI is InChI=1S/C30H44INO2/c1-3-5-6-7-8-9-10-11-12-13-14-15-16-19-25-20-17-23-28(34-4-2)29(25)30(33)32-27-22-18-21-26(31)24-27/h17-18,20-24H,3-16,19H2,1-2H3,(H,32,33). The smallest absolute Gasteiger partial charge is 0.259 e. The van der Waals surface area contributed by atoms with Gasteiger partial charge in [0.1, 0.15) is 5.75 Å². The summed E-state index contributed by atoms with van der Waals surface area (Å²) in [7, 11) is 0. The Labute approximate surface area is 221 Å². The molecule has 0 saturated heterocycles. The van der Waals surface area contributed by atoms with Gasteiger partial charge in [0.25, 0.3) is 5.91 Å². The molecular formula is C30H44INO2. The van der Waals surface area contributed by atoms with E-state index in [1.165, 1.54) is 77.0 Å². The number of ether oxygens (including phenoxy) is 1. The van der Waals surface area contributed by atoms with Crippen LogP contribution < -0.4 is 10.1 Å². The summed E-state index contributed by atoms with van der Waals surface area (Å²) < 4.78 is 6.91. The summed E-state index contributed by atoms with van der Waals surface area (Å²) in [6, 6.07) is 13.9. The van der Waals surface area contributed by atoms with Crippen molar-refractivity contribution < 1.29 is 9.53 Å². The summed E-state index contributed by atoms with van der Waals surface area (Å²) in [5.41, 5.74) is 2.58. The van der Waals surface area contributed by atoms with Crippen LogP contribution in [0.4, 0.5) is 5.69 Å². The fourth-order valence-electron chi connectivity index (χ4n) is 4.41. The molecule has 0 radical (unpaired) electrons. The molecule has 3 nitrogen and oxygen atoms in total. The highest BCUT2D eigenvalue weighted by atomic mass is 127. The van der Waals surface area contributed by atoms with E-state index in [1.807, 2.05) is 43.3 Å². The van der Waals surface area contributed by atoms with Crippen molar-refractivity contribution in [2.45, 2.75) is 104 Å². The van der Waals surface area contributed by atoms with Crippen molar-refractivity contribution in [1.29, 1.82) is 0 Å². The summed E-state index contributed by atoms with van der Waals surface area (Å²) in [6.45, 7) is 4.78. The van der Waals surface area contributed by atoms with Crippen LogP contribution in [0.15, 0.2) is 42.5 Å². The number of anilines is 1. The number of halogens is 1. The van der Waals surface area contributed by atoms with Crippen molar-refractivity contribution in [3.8, 4) is 5.75 Å². The van der Waals surface area contributed by atoms with E-state index in [9.17, 15) is 4.79 Å². The first-order valence-electron chi connectivity index (χ1n) is 13.5. The summed E-state index contributed by atoms with van der Waals surface area (Å²) in [4.78, 5) is 13.2. The van der Waals surface area contributed by atoms with Crippen LogP contribution in [-0.2, 0) is 6.42 Å². The highest BCUT2D eigenvalue weighted by Gasteiger charge is 2.17. The minimum Gasteiger partial charge on any atom is -0.493 e. The second-order valence-corrected chi connectivity index (χ2v) is 10.4. The minimum atomic E-state index is -0.0873. The molecule has 0 aliphatic carbocycles. The van der Waals surface area contributed by atoms with E-state index in [1.54, 1.807) is 0 Å². The largest absolute Gasteiger partial charge is 0.493 e. The van der Waals surface area contributed by atoms with Gasteiger partial charge in [-0.3, -0.25) is 4.79 Å². The number of hydrogen-bond donors (Lipinski definition) is 1. The van der Waals surface area contributed by atoms with Crippen molar-refractivity contribution in [2.75, 3.05) is 11.9 Å². The van der Waals surface area contributed by atoms with Crippen LogP contribution in [0.25, 0.3) is 0 Å². The molecule has 0 aliphatic heterocycles. The average molecular weight is 578 g/mol. The van der Waals surface area contributed by atoms with Crippen LogP contribution in [-0.4, -0.2) is 12.5 Å². The Kier molecular flexibility index (Phi) is 15.0. The SMILES string of the molecule is CCCCCCCCCCCCCCCc1cccc(OCC)c1C(=O)Nc1cccc(I)c1. The van der Waals surface area contributed by atoms with E-state index < -0.39 is 0 Å². The first kappa shape index (κ1) is 28.7. The minimum absolute atomic E-state index is 0.0873. The fraction of sp³-hybridized carbons (Fsp3) is 0.567. The number of amides is 1. The molecule has 2 aromatic rings. The van der Waals surface area contributed by atoms with E-state index in [4.69, 9.17) is 4.74 Å². The maximum Gasteiger partial charge on any atom is 0.259 e. The lowest BCUT2D eigenvalue weighted by molar-refractivity contribution is 0.102. The van der Waals surface area contributed by atoms with E-state index in [0.29, 0.717) is 17.9 Å². The quantitative estimate of drug-likeness (QED) is 0.142. The second kappa shape index (κ2) is 17.8. The van der Waals surface area contributed by atoms with Crippen molar-refractivity contribution >= 4 is 34.2 Å². The fourth-order valence-corrected chi connectivity index (χ4v) is 4.95. The van der Waals surface area contributed by atoms with E-state index >= 15 is 0 Å². The second-order valence-electron chi connectivity index (χ2n) is 9.18. The summed E-state index contributed by atoms with van der Waals surface area (Å²) in [6.07, 6.45) is 18.4. The molecule has 0 aliphatic rings. The van der Waals surface area contributed by atoms with Crippen LogP contribution >= 0.6 is 22.6 Å². The van der Waals surface area contributed by atoms with Gasteiger partial charge in [-0.15, -0.1) is 0 Å². The first-order valence-corrected chi connectivity index (χ1v) is 14.5. The number of unbranched alkanes of at least 4 members (excludes halogenated alkanes) is 12.